The van der Waals surface area contributed by atoms with E-state index in [1.807, 2.05) is 6.92 Å². The molecule has 4 N–H and O–H groups in total. The van der Waals surface area contributed by atoms with Crippen LogP contribution in [0.5, 0.6) is 5.75 Å². The molecule has 0 atom stereocenters. The molecule has 1 aromatic carbocycles. The third-order valence-corrected chi connectivity index (χ3v) is 7.25. The number of aromatic nitrogens is 3. The summed E-state index contributed by atoms with van der Waals surface area (Å²) in [5.41, 5.74) is 8.49. The third-order valence-electron chi connectivity index (χ3n) is 5.73. The van der Waals surface area contributed by atoms with Gasteiger partial charge in [0.05, 0.1) is 23.9 Å². The minimum Gasteiger partial charge on any atom is -0.495 e. The molecule has 0 radical (unpaired) electrons. The Morgan fingerprint density at radius 2 is 2.00 bits per heavy atom. The van der Waals surface area contributed by atoms with Crippen molar-refractivity contribution in [2.75, 3.05) is 12.4 Å². The monoisotopic (exact) mass is 486 g/mol. The fraction of sp³-hybridized carbons (Fsp3) is 0.364. The van der Waals surface area contributed by atoms with E-state index in [1.54, 1.807) is 6.92 Å². The van der Waals surface area contributed by atoms with E-state index < -0.39 is 15.9 Å². The van der Waals surface area contributed by atoms with Crippen molar-refractivity contribution in [1.29, 1.82) is 0 Å². The SMILES string of the molecule is COc1ccc(S(=O)(=O)NC2CC2)cc1NC(=O)CCc1c(C)nc2c(C(N)=O)cnn2c1C. The Kier molecular flexibility index (Phi) is 6.28. The second-order valence-electron chi connectivity index (χ2n) is 8.22. The summed E-state index contributed by atoms with van der Waals surface area (Å²) in [6.07, 6.45) is 3.49. The summed E-state index contributed by atoms with van der Waals surface area (Å²) in [5.74, 6) is -0.580. The Labute approximate surface area is 196 Å². The zero-order valence-corrected chi connectivity index (χ0v) is 19.9. The van der Waals surface area contributed by atoms with Crippen LogP contribution in [0.4, 0.5) is 5.69 Å². The highest BCUT2D eigenvalue weighted by Crippen LogP contribution is 2.29. The fourth-order valence-corrected chi connectivity index (χ4v) is 5.07. The Morgan fingerprint density at radius 3 is 2.65 bits per heavy atom. The normalized spacial score (nSPS) is 13.7. The first kappa shape index (κ1) is 23.6. The molecule has 2 heterocycles. The Bertz CT molecular complexity index is 1390. The summed E-state index contributed by atoms with van der Waals surface area (Å²) >= 11 is 0. The number of primary amides is 1. The summed E-state index contributed by atoms with van der Waals surface area (Å²) < 4.78 is 34.5. The highest BCUT2D eigenvalue weighted by molar-refractivity contribution is 7.89. The number of sulfonamides is 1. The number of amides is 2. The molecule has 4 rings (SSSR count). The average molecular weight is 487 g/mol. The second kappa shape index (κ2) is 9.03. The standard InChI is InChI=1S/C22H26N6O5S/c1-12-16(13(2)28-22(25-12)17(11-24-28)21(23)30)7-9-20(29)26-18-10-15(6-8-19(18)33-3)34(31,32)27-14-4-5-14/h6,8,10-11,14,27H,4-5,7,9H2,1-3H3,(H2,23,30)(H,26,29). The molecule has 0 unspecified atom stereocenters. The van der Waals surface area contributed by atoms with Gasteiger partial charge in [-0.25, -0.2) is 22.6 Å². The fourth-order valence-electron chi connectivity index (χ4n) is 3.74. The van der Waals surface area contributed by atoms with E-state index >= 15 is 0 Å². The van der Waals surface area contributed by atoms with Crippen LogP contribution in [0.15, 0.2) is 29.3 Å². The number of nitrogens with zero attached hydrogens (tertiary/aromatic N) is 3. The van der Waals surface area contributed by atoms with Crippen molar-refractivity contribution in [2.45, 2.75) is 50.5 Å². The van der Waals surface area contributed by atoms with Crippen molar-refractivity contribution in [2.24, 2.45) is 5.73 Å². The van der Waals surface area contributed by atoms with E-state index in [0.717, 1.165) is 24.1 Å². The smallest absolute Gasteiger partial charge is 0.254 e. The van der Waals surface area contributed by atoms with Gasteiger partial charge in [-0.05, 0) is 56.9 Å². The van der Waals surface area contributed by atoms with E-state index in [2.05, 4.69) is 20.1 Å². The minimum absolute atomic E-state index is 0.0311. The van der Waals surface area contributed by atoms with Gasteiger partial charge in [-0.3, -0.25) is 9.59 Å². The van der Waals surface area contributed by atoms with E-state index in [1.165, 1.54) is 36.0 Å². The molecular formula is C22H26N6O5S. The summed E-state index contributed by atoms with van der Waals surface area (Å²) in [5, 5.41) is 6.94. The molecule has 34 heavy (non-hydrogen) atoms. The van der Waals surface area contributed by atoms with Gasteiger partial charge in [0.2, 0.25) is 15.9 Å². The number of fused-ring (bicyclic) bond motifs is 1. The van der Waals surface area contributed by atoms with Crippen LogP contribution in [0, 0.1) is 13.8 Å². The van der Waals surface area contributed by atoms with Gasteiger partial charge in [0.25, 0.3) is 5.91 Å². The Morgan fingerprint density at radius 1 is 1.26 bits per heavy atom. The zero-order chi connectivity index (χ0) is 24.6. The van der Waals surface area contributed by atoms with Crippen molar-refractivity contribution in [1.82, 2.24) is 19.3 Å². The molecular weight excluding hydrogens is 460 g/mol. The number of methoxy groups -OCH3 is 1. The van der Waals surface area contributed by atoms with E-state index in [-0.39, 0.29) is 34.5 Å². The van der Waals surface area contributed by atoms with E-state index in [4.69, 9.17) is 10.5 Å². The van der Waals surface area contributed by atoms with Crippen LogP contribution in [0.1, 0.15) is 46.6 Å². The number of carbonyl (C=O) groups excluding carboxylic acids is 2. The maximum absolute atomic E-state index is 12.7. The zero-order valence-electron chi connectivity index (χ0n) is 19.1. The van der Waals surface area contributed by atoms with Gasteiger partial charge < -0.3 is 15.8 Å². The molecule has 0 spiro atoms. The molecule has 1 saturated carbocycles. The summed E-state index contributed by atoms with van der Waals surface area (Å²) in [7, 11) is -2.24. The van der Waals surface area contributed by atoms with E-state index in [9.17, 15) is 18.0 Å². The van der Waals surface area contributed by atoms with Crippen LogP contribution < -0.4 is 20.5 Å². The van der Waals surface area contributed by atoms with Crippen molar-refractivity contribution < 1.29 is 22.7 Å². The molecule has 1 aliphatic rings. The first-order chi connectivity index (χ1) is 16.1. The van der Waals surface area contributed by atoms with Gasteiger partial charge in [0.15, 0.2) is 5.65 Å². The number of anilines is 1. The quantitative estimate of drug-likeness (QED) is 0.413. The molecule has 11 nitrogen and oxygen atoms in total. The van der Waals surface area contributed by atoms with Gasteiger partial charge in [0, 0.05) is 23.9 Å². The van der Waals surface area contributed by atoms with Gasteiger partial charge in [0.1, 0.15) is 11.3 Å². The number of rotatable bonds is 9. The number of aryl methyl sites for hydroxylation is 2. The molecule has 1 fully saturated rings. The number of hydrogen-bond donors (Lipinski definition) is 3. The van der Waals surface area contributed by atoms with Crippen LogP contribution in [0.2, 0.25) is 0 Å². The van der Waals surface area contributed by atoms with Crippen molar-refractivity contribution in [3.8, 4) is 5.75 Å². The van der Waals surface area contributed by atoms with Crippen LogP contribution in [-0.2, 0) is 21.2 Å². The molecule has 12 heteroatoms. The lowest BCUT2D eigenvalue weighted by atomic mass is 10.1. The van der Waals surface area contributed by atoms with Crippen LogP contribution >= 0.6 is 0 Å². The lowest BCUT2D eigenvalue weighted by Crippen LogP contribution is -2.26. The third kappa shape index (κ3) is 4.73. The summed E-state index contributed by atoms with van der Waals surface area (Å²) in [6.45, 7) is 3.62. The largest absolute Gasteiger partial charge is 0.495 e. The second-order valence-corrected chi connectivity index (χ2v) is 9.94. The molecule has 0 aliphatic heterocycles. The summed E-state index contributed by atoms with van der Waals surface area (Å²) in [6, 6.07) is 4.31. The Hall–Kier alpha value is -3.51. The van der Waals surface area contributed by atoms with Gasteiger partial charge >= 0.3 is 0 Å². The maximum Gasteiger partial charge on any atom is 0.254 e. The number of carbonyl (C=O) groups is 2. The molecule has 2 amide bonds. The summed E-state index contributed by atoms with van der Waals surface area (Å²) in [4.78, 5) is 28.8. The lowest BCUT2D eigenvalue weighted by Gasteiger charge is -2.14. The molecule has 3 aromatic rings. The van der Waals surface area contributed by atoms with Gasteiger partial charge in [-0.1, -0.05) is 0 Å². The highest BCUT2D eigenvalue weighted by atomic mass is 32.2. The van der Waals surface area contributed by atoms with Crippen molar-refractivity contribution in [3.63, 3.8) is 0 Å². The maximum atomic E-state index is 12.7. The van der Waals surface area contributed by atoms with E-state index in [0.29, 0.717) is 23.5 Å². The average Bonchev–Trinajstić information content (AvgIpc) is 3.47. The molecule has 2 aromatic heterocycles. The van der Waals surface area contributed by atoms with Crippen molar-refractivity contribution >= 4 is 33.2 Å². The molecule has 0 bridgehead atoms. The highest BCUT2D eigenvalue weighted by Gasteiger charge is 2.28. The number of benzene rings is 1. The van der Waals surface area contributed by atoms with Gasteiger partial charge in [-0.15, -0.1) is 0 Å². The molecule has 0 saturated heterocycles. The number of nitrogens with two attached hydrogens (primary N) is 1. The predicted octanol–water partition coefficient (Wildman–Crippen LogP) is 1.47. The number of hydrogen-bond acceptors (Lipinski definition) is 7. The topological polar surface area (TPSA) is 158 Å². The first-order valence-corrected chi connectivity index (χ1v) is 12.2. The minimum atomic E-state index is -3.68. The van der Waals surface area contributed by atoms with Gasteiger partial charge in [-0.2, -0.15) is 5.10 Å². The Balaban J connectivity index is 1.51. The van der Waals surface area contributed by atoms with Crippen molar-refractivity contribution in [3.05, 3.63) is 46.9 Å². The number of ether oxygens (including phenoxy) is 1. The predicted molar refractivity (Wildman–Crippen MR) is 124 cm³/mol. The van der Waals surface area contributed by atoms with Crippen LogP contribution in [0.25, 0.3) is 5.65 Å². The molecule has 180 valence electrons. The first-order valence-electron chi connectivity index (χ1n) is 10.7. The lowest BCUT2D eigenvalue weighted by molar-refractivity contribution is -0.116. The number of nitrogens with one attached hydrogen (secondary N) is 2. The molecule has 1 aliphatic carbocycles. The van der Waals surface area contributed by atoms with Crippen LogP contribution in [0.3, 0.4) is 0 Å². The van der Waals surface area contributed by atoms with Crippen LogP contribution in [-0.4, -0.2) is 48.0 Å².